The molecule has 0 spiro atoms. The Kier molecular flexibility index (Phi) is 52.7. The Bertz CT molecular complexity index is 8.00. The zero-order valence-corrected chi connectivity index (χ0v) is 6.22. The molecule has 0 saturated heterocycles. The second-order valence-electron chi connectivity index (χ2n) is 0. The first-order valence-corrected chi connectivity index (χ1v) is 4.57. The van der Waals surface area contributed by atoms with Crippen LogP contribution in [0.15, 0.2) is 0 Å². The van der Waals surface area contributed by atoms with E-state index in [1.54, 1.807) is 0 Å². The van der Waals surface area contributed by atoms with Gasteiger partial charge in [-0.1, -0.05) is 0 Å². The van der Waals surface area contributed by atoms with Gasteiger partial charge in [-0.2, -0.15) is 0 Å². The van der Waals surface area contributed by atoms with Crippen LogP contribution in [0.3, 0.4) is 0 Å². The summed E-state index contributed by atoms with van der Waals surface area (Å²) in [6.45, 7) is 0. The standard InChI is InChI=1S/CH4O.Ce.ClH/c1-2;;/h2H,1H3;;1H/q;+1;/p-1. The number of hydrogen-bond donors (Lipinski definition) is 1. The van der Waals surface area contributed by atoms with Gasteiger partial charge in [-0.15, -0.1) is 0 Å². The maximum absolute atomic E-state index is 7.00. The Labute approximate surface area is 55.1 Å². The molecule has 0 amide bonds. The zero-order chi connectivity index (χ0) is 4.00. The van der Waals surface area contributed by atoms with Crippen molar-refractivity contribution < 1.29 is 43.2 Å². The average Bonchev–Trinajstić information content (AvgIpc) is 1.50. The first-order valence-electron chi connectivity index (χ1n) is 0.636. The summed E-state index contributed by atoms with van der Waals surface area (Å²) < 4.78 is 0. The molecule has 0 aliphatic heterocycles. The van der Waals surface area contributed by atoms with E-state index in [0.717, 1.165) is 45.2 Å². The molecular formula is CH4CeClO. The third kappa shape index (κ3) is 9.46. The first-order chi connectivity index (χ1) is 2.00. The van der Waals surface area contributed by atoms with Crippen LogP contribution >= 0.6 is 5.63 Å². The monoisotopic (exact) mass is 207 g/mol. The molecule has 0 aromatic carbocycles. The maximum atomic E-state index is 7.00. The van der Waals surface area contributed by atoms with Gasteiger partial charge in [0.25, 0.3) is 0 Å². The Morgan fingerprint density at radius 3 is 1.50 bits per heavy atom. The van der Waals surface area contributed by atoms with Crippen LogP contribution < -0.4 is 0 Å². The molecule has 1 nitrogen and oxygen atoms in total. The van der Waals surface area contributed by atoms with Crippen molar-refractivity contribution in [3.8, 4) is 0 Å². The van der Waals surface area contributed by atoms with E-state index in [9.17, 15) is 0 Å². The van der Waals surface area contributed by atoms with E-state index in [4.69, 9.17) is 10.7 Å². The molecule has 3 heteroatoms. The van der Waals surface area contributed by atoms with Crippen molar-refractivity contribution in [2.45, 2.75) is 0 Å². The van der Waals surface area contributed by atoms with Gasteiger partial charge in [-0.25, -0.2) is 0 Å². The molecule has 0 aromatic heterocycles. The summed E-state index contributed by atoms with van der Waals surface area (Å²) >= 11 is 0.778. The van der Waals surface area contributed by atoms with Crippen LogP contribution in [0.4, 0.5) is 0 Å². The number of hydrogen-bond acceptors (Lipinski definition) is 1. The molecule has 0 heterocycles. The number of rotatable bonds is 0. The van der Waals surface area contributed by atoms with Gasteiger partial charge in [0.2, 0.25) is 0 Å². The summed E-state index contributed by atoms with van der Waals surface area (Å²) in [5.74, 6) is 0. The number of halogens is 1. The third-order valence-electron chi connectivity index (χ3n) is 0. The van der Waals surface area contributed by atoms with Crippen LogP contribution in [-0.4, -0.2) is 12.2 Å². The number of aliphatic hydroxyl groups excluding tert-OH is 1. The molecule has 0 rings (SSSR count). The predicted octanol–water partition coefficient (Wildman–Crippen LogP) is 0.298. The van der Waals surface area contributed by atoms with Gasteiger partial charge < -0.3 is 5.11 Å². The van der Waals surface area contributed by atoms with Crippen molar-refractivity contribution in [2.24, 2.45) is 0 Å². The van der Waals surface area contributed by atoms with Gasteiger partial charge in [0, 0.05) is 7.11 Å². The predicted molar refractivity (Wildman–Crippen MR) is 14.0 cm³/mol. The summed E-state index contributed by atoms with van der Waals surface area (Å²) in [5.41, 5.74) is 4.78. The molecule has 0 aliphatic rings. The van der Waals surface area contributed by atoms with E-state index >= 15 is 0 Å². The minimum absolute atomic E-state index is 0.778. The normalized spacial score (nSPS) is 2.50. The van der Waals surface area contributed by atoms with E-state index in [2.05, 4.69) is 0 Å². The fourth-order valence-corrected chi connectivity index (χ4v) is 0. The van der Waals surface area contributed by atoms with Gasteiger partial charge >= 0.3 is 43.7 Å². The molecule has 0 atom stereocenters. The van der Waals surface area contributed by atoms with E-state index in [-0.39, 0.29) is 0 Å². The summed E-state index contributed by atoms with van der Waals surface area (Å²) in [5, 5.41) is 7.00. The van der Waals surface area contributed by atoms with Gasteiger partial charge in [0.05, 0.1) is 0 Å². The van der Waals surface area contributed by atoms with Crippen LogP contribution in [0.25, 0.3) is 0 Å². The molecule has 0 fully saturated rings. The Hall–Kier alpha value is 1.63. The van der Waals surface area contributed by atoms with Crippen LogP contribution in [0, 0.1) is 38.1 Å². The van der Waals surface area contributed by atoms with Crippen molar-refractivity contribution in [2.75, 3.05) is 7.11 Å². The topological polar surface area (TPSA) is 20.2 Å². The summed E-state index contributed by atoms with van der Waals surface area (Å²) in [6, 6.07) is 0. The van der Waals surface area contributed by atoms with Gasteiger partial charge in [-0.3, -0.25) is 0 Å². The van der Waals surface area contributed by atoms with E-state index in [1.165, 1.54) is 0 Å². The molecule has 0 unspecified atom stereocenters. The second kappa shape index (κ2) is 23.0. The zero-order valence-electron chi connectivity index (χ0n) is 2.33. The molecule has 0 bridgehead atoms. The van der Waals surface area contributed by atoms with E-state index in [1.807, 2.05) is 0 Å². The molecule has 0 saturated carbocycles. The van der Waals surface area contributed by atoms with E-state index in [0.29, 0.717) is 0 Å². The van der Waals surface area contributed by atoms with Gasteiger partial charge in [0.15, 0.2) is 0 Å². The van der Waals surface area contributed by atoms with E-state index < -0.39 is 0 Å². The van der Waals surface area contributed by atoms with Crippen LogP contribution in [-0.2, 0) is 0 Å². The first kappa shape index (κ1) is 9.16. The van der Waals surface area contributed by atoms with Crippen molar-refractivity contribution >= 4 is 5.63 Å². The molecule has 0 radical (unpaired) electrons. The van der Waals surface area contributed by atoms with Crippen molar-refractivity contribution in [1.29, 1.82) is 0 Å². The number of aliphatic hydroxyl groups is 1. The van der Waals surface area contributed by atoms with Crippen LogP contribution in [0.5, 0.6) is 0 Å². The quantitative estimate of drug-likeness (QED) is 0.606. The Balaban J connectivity index is 0. The van der Waals surface area contributed by atoms with Crippen molar-refractivity contribution in [3.63, 3.8) is 0 Å². The van der Waals surface area contributed by atoms with Crippen LogP contribution in [0.1, 0.15) is 0 Å². The average molecular weight is 208 g/mol. The Morgan fingerprint density at radius 1 is 1.50 bits per heavy atom. The summed E-state index contributed by atoms with van der Waals surface area (Å²) in [4.78, 5) is 0. The molecule has 0 aliphatic carbocycles. The third-order valence-corrected chi connectivity index (χ3v) is 0. The second-order valence-corrected chi connectivity index (χ2v) is 0. The van der Waals surface area contributed by atoms with Gasteiger partial charge in [-0.05, 0) is 0 Å². The summed E-state index contributed by atoms with van der Waals surface area (Å²) in [7, 11) is 1.00. The SMILES string of the molecule is CO.[Cl][Ce]. The molecule has 25 valence electrons. The van der Waals surface area contributed by atoms with Crippen molar-refractivity contribution in [1.82, 2.24) is 0 Å². The summed E-state index contributed by atoms with van der Waals surface area (Å²) in [6.07, 6.45) is 0. The molecular weight excluding hydrogens is 204 g/mol. The molecule has 1 N–H and O–H groups in total. The molecule has 4 heavy (non-hydrogen) atoms. The Morgan fingerprint density at radius 2 is 1.50 bits per heavy atom. The fourth-order valence-electron chi connectivity index (χ4n) is 0. The molecule has 0 aromatic rings. The fraction of sp³-hybridized carbons (Fsp3) is 1.00. The van der Waals surface area contributed by atoms with Crippen LogP contribution in [0.2, 0.25) is 0 Å². The van der Waals surface area contributed by atoms with Crippen molar-refractivity contribution in [3.05, 3.63) is 0 Å². The van der Waals surface area contributed by atoms with Gasteiger partial charge in [0.1, 0.15) is 0 Å². The minimum atomic E-state index is 0.778.